The topological polar surface area (TPSA) is 91.5 Å². The largest absolute Gasteiger partial charge is 0.497 e. The first-order valence-electron chi connectivity index (χ1n) is 8.51. The third-order valence-electron chi connectivity index (χ3n) is 4.05. The van der Waals surface area contributed by atoms with E-state index in [2.05, 4.69) is 22.2 Å². The van der Waals surface area contributed by atoms with E-state index < -0.39 is 0 Å². The van der Waals surface area contributed by atoms with Gasteiger partial charge in [-0.05, 0) is 36.2 Å². The lowest BCUT2D eigenvalue weighted by Gasteiger charge is -2.14. The number of aryl methyl sites for hydroxylation is 1. The third kappa shape index (κ3) is 4.20. The standard InChI is InChI=1S/C20H22N4O3/c1-4-13-5-7-14(8-6-13)27-20-18(21)19(22-12-23-20)24-16-11-15(25-2)9-10-17(16)26-3/h5-12H,4,21H2,1-3H3,(H,22,23,24). The van der Waals surface area contributed by atoms with Crippen LogP contribution >= 0.6 is 0 Å². The van der Waals surface area contributed by atoms with Gasteiger partial charge in [0.15, 0.2) is 5.82 Å². The van der Waals surface area contributed by atoms with E-state index in [0.29, 0.717) is 34.4 Å². The number of nitrogens with zero attached hydrogens (tertiary/aromatic N) is 2. The molecule has 0 aliphatic heterocycles. The SMILES string of the molecule is CCc1ccc(Oc2ncnc(Nc3cc(OC)ccc3OC)c2N)cc1. The van der Waals surface area contributed by atoms with Gasteiger partial charge in [0.1, 0.15) is 29.3 Å². The van der Waals surface area contributed by atoms with Gasteiger partial charge in [-0.25, -0.2) is 4.98 Å². The molecular weight excluding hydrogens is 344 g/mol. The maximum atomic E-state index is 6.21. The summed E-state index contributed by atoms with van der Waals surface area (Å²) in [6.07, 6.45) is 2.35. The first kappa shape index (κ1) is 18.3. The second kappa shape index (κ2) is 8.27. The van der Waals surface area contributed by atoms with Crippen molar-refractivity contribution in [2.24, 2.45) is 0 Å². The highest BCUT2D eigenvalue weighted by Gasteiger charge is 2.13. The summed E-state index contributed by atoms with van der Waals surface area (Å²) >= 11 is 0. The third-order valence-corrected chi connectivity index (χ3v) is 4.05. The molecule has 0 atom stereocenters. The molecule has 0 saturated heterocycles. The molecule has 0 fully saturated rings. The number of aromatic nitrogens is 2. The van der Waals surface area contributed by atoms with Crippen LogP contribution < -0.4 is 25.3 Å². The fourth-order valence-electron chi connectivity index (χ4n) is 2.50. The van der Waals surface area contributed by atoms with Gasteiger partial charge >= 0.3 is 0 Å². The summed E-state index contributed by atoms with van der Waals surface area (Å²) in [6.45, 7) is 2.10. The smallest absolute Gasteiger partial charge is 0.248 e. The predicted octanol–water partition coefficient (Wildman–Crippen LogP) is 4.17. The lowest BCUT2D eigenvalue weighted by molar-refractivity contribution is 0.405. The van der Waals surface area contributed by atoms with Crippen molar-refractivity contribution in [1.29, 1.82) is 0 Å². The van der Waals surface area contributed by atoms with Gasteiger partial charge in [0.05, 0.1) is 19.9 Å². The second-order valence-electron chi connectivity index (χ2n) is 5.73. The van der Waals surface area contributed by atoms with Crippen molar-refractivity contribution in [3.8, 4) is 23.1 Å². The van der Waals surface area contributed by atoms with E-state index >= 15 is 0 Å². The van der Waals surface area contributed by atoms with E-state index in [1.165, 1.54) is 11.9 Å². The molecule has 0 aliphatic rings. The quantitative estimate of drug-likeness (QED) is 0.648. The number of nitrogen functional groups attached to an aromatic ring is 1. The molecule has 7 nitrogen and oxygen atoms in total. The van der Waals surface area contributed by atoms with Crippen molar-refractivity contribution in [2.75, 3.05) is 25.3 Å². The molecule has 1 heterocycles. The van der Waals surface area contributed by atoms with Gasteiger partial charge < -0.3 is 25.3 Å². The fraction of sp³-hybridized carbons (Fsp3) is 0.200. The van der Waals surface area contributed by atoms with Crippen LogP contribution in [0, 0.1) is 0 Å². The van der Waals surface area contributed by atoms with Crippen molar-refractivity contribution in [3.63, 3.8) is 0 Å². The molecule has 2 aromatic carbocycles. The van der Waals surface area contributed by atoms with Crippen LogP contribution in [0.25, 0.3) is 0 Å². The number of nitrogens with two attached hydrogens (primary N) is 1. The minimum absolute atomic E-state index is 0.276. The van der Waals surface area contributed by atoms with E-state index in [1.54, 1.807) is 26.4 Å². The Balaban J connectivity index is 1.86. The molecule has 0 bridgehead atoms. The number of methoxy groups -OCH3 is 2. The summed E-state index contributed by atoms with van der Waals surface area (Å²) in [5, 5.41) is 3.15. The lowest BCUT2D eigenvalue weighted by Crippen LogP contribution is -2.04. The van der Waals surface area contributed by atoms with Crippen LogP contribution in [0.3, 0.4) is 0 Å². The average Bonchev–Trinajstić information content (AvgIpc) is 2.71. The Bertz CT molecular complexity index is 914. The molecule has 0 spiro atoms. The lowest BCUT2D eigenvalue weighted by atomic mass is 10.2. The summed E-state index contributed by atoms with van der Waals surface area (Å²) in [7, 11) is 3.19. The van der Waals surface area contributed by atoms with Crippen molar-refractivity contribution in [1.82, 2.24) is 9.97 Å². The summed E-state index contributed by atoms with van der Waals surface area (Å²) in [5.41, 5.74) is 8.40. The van der Waals surface area contributed by atoms with Gasteiger partial charge in [-0.2, -0.15) is 4.98 Å². The van der Waals surface area contributed by atoms with E-state index in [4.69, 9.17) is 19.9 Å². The first-order chi connectivity index (χ1) is 13.1. The van der Waals surface area contributed by atoms with Crippen molar-refractivity contribution >= 4 is 17.2 Å². The van der Waals surface area contributed by atoms with E-state index in [9.17, 15) is 0 Å². The van der Waals surface area contributed by atoms with Gasteiger partial charge in [-0.1, -0.05) is 19.1 Å². The average molecular weight is 366 g/mol. The molecule has 0 saturated carbocycles. The van der Waals surface area contributed by atoms with E-state index in [-0.39, 0.29) is 5.88 Å². The van der Waals surface area contributed by atoms with Crippen LogP contribution in [0.4, 0.5) is 17.2 Å². The Morgan fingerprint density at radius 3 is 2.37 bits per heavy atom. The van der Waals surface area contributed by atoms with Gasteiger partial charge in [-0.3, -0.25) is 0 Å². The summed E-state index contributed by atoms with van der Waals surface area (Å²) < 4.78 is 16.4. The zero-order chi connectivity index (χ0) is 19.2. The number of benzene rings is 2. The number of ether oxygens (including phenoxy) is 3. The molecular formula is C20H22N4O3. The number of nitrogens with one attached hydrogen (secondary N) is 1. The molecule has 3 rings (SSSR count). The molecule has 0 amide bonds. The van der Waals surface area contributed by atoms with Crippen LogP contribution in [0.5, 0.6) is 23.1 Å². The number of hydrogen-bond acceptors (Lipinski definition) is 7. The van der Waals surface area contributed by atoms with Gasteiger partial charge in [0.2, 0.25) is 5.88 Å². The minimum Gasteiger partial charge on any atom is -0.497 e. The monoisotopic (exact) mass is 366 g/mol. The molecule has 0 radical (unpaired) electrons. The maximum absolute atomic E-state index is 6.21. The second-order valence-corrected chi connectivity index (χ2v) is 5.73. The van der Waals surface area contributed by atoms with Crippen molar-refractivity contribution in [3.05, 3.63) is 54.4 Å². The predicted molar refractivity (Wildman–Crippen MR) is 105 cm³/mol. The highest BCUT2D eigenvalue weighted by Crippen LogP contribution is 2.35. The van der Waals surface area contributed by atoms with Crippen molar-refractivity contribution < 1.29 is 14.2 Å². The summed E-state index contributed by atoms with van der Waals surface area (Å²) in [5.74, 6) is 2.66. The van der Waals surface area contributed by atoms with Gasteiger partial charge in [0.25, 0.3) is 0 Å². The molecule has 7 heteroatoms. The van der Waals surface area contributed by atoms with Crippen LogP contribution in [0.15, 0.2) is 48.8 Å². The zero-order valence-corrected chi connectivity index (χ0v) is 15.5. The summed E-state index contributed by atoms with van der Waals surface area (Å²) in [6, 6.07) is 13.2. The Morgan fingerprint density at radius 1 is 0.963 bits per heavy atom. The Labute approximate surface area is 158 Å². The van der Waals surface area contributed by atoms with Gasteiger partial charge in [-0.15, -0.1) is 0 Å². The first-order valence-corrected chi connectivity index (χ1v) is 8.51. The van der Waals surface area contributed by atoms with Crippen LogP contribution in [0.2, 0.25) is 0 Å². The molecule has 0 unspecified atom stereocenters. The van der Waals surface area contributed by atoms with Crippen LogP contribution in [0.1, 0.15) is 12.5 Å². The Morgan fingerprint density at radius 2 is 1.70 bits per heavy atom. The van der Waals surface area contributed by atoms with Crippen molar-refractivity contribution in [2.45, 2.75) is 13.3 Å². The highest BCUT2D eigenvalue weighted by molar-refractivity contribution is 5.75. The number of hydrogen-bond donors (Lipinski definition) is 2. The van der Waals surface area contributed by atoms with Crippen LogP contribution in [-0.2, 0) is 6.42 Å². The zero-order valence-electron chi connectivity index (χ0n) is 15.5. The Hall–Kier alpha value is -3.48. The minimum atomic E-state index is 0.276. The highest BCUT2D eigenvalue weighted by atomic mass is 16.5. The molecule has 27 heavy (non-hydrogen) atoms. The molecule has 140 valence electrons. The molecule has 3 aromatic rings. The maximum Gasteiger partial charge on any atom is 0.248 e. The summed E-state index contributed by atoms with van der Waals surface area (Å²) in [4.78, 5) is 8.35. The van der Waals surface area contributed by atoms with E-state index in [0.717, 1.165) is 6.42 Å². The van der Waals surface area contributed by atoms with Gasteiger partial charge in [0, 0.05) is 6.07 Å². The fourth-order valence-corrected chi connectivity index (χ4v) is 2.50. The molecule has 1 aromatic heterocycles. The van der Waals surface area contributed by atoms with Crippen LogP contribution in [-0.4, -0.2) is 24.2 Å². The molecule has 0 aliphatic carbocycles. The molecule has 3 N–H and O–H groups in total. The number of rotatable bonds is 7. The normalized spacial score (nSPS) is 10.3. The number of anilines is 3. The Kier molecular flexibility index (Phi) is 5.61. The van der Waals surface area contributed by atoms with E-state index in [1.807, 2.05) is 30.3 Å².